The predicted octanol–water partition coefficient (Wildman–Crippen LogP) is 2.69. The highest BCUT2D eigenvalue weighted by Gasteiger charge is 2.18. The van der Waals surface area contributed by atoms with Crippen molar-refractivity contribution in [1.29, 1.82) is 0 Å². The van der Waals surface area contributed by atoms with Crippen molar-refractivity contribution in [1.82, 2.24) is 0 Å². The van der Waals surface area contributed by atoms with Crippen LogP contribution in [0, 0.1) is 0 Å². The third kappa shape index (κ3) is 4.10. The van der Waals surface area contributed by atoms with Crippen molar-refractivity contribution in [3.8, 4) is 0 Å². The zero-order chi connectivity index (χ0) is 18.6. The van der Waals surface area contributed by atoms with Crippen molar-refractivity contribution in [2.75, 3.05) is 20.0 Å². The highest BCUT2D eigenvalue weighted by molar-refractivity contribution is 7.99. The Morgan fingerprint density at radius 2 is 1.56 bits per heavy atom. The number of ether oxygens (including phenoxy) is 2. The van der Waals surface area contributed by atoms with Crippen molar-refractivity contribution >= 4 is 35.4 Å². The van der Waals surface area contributed by atoms with Gasteiger partial charge in [0.2, 0.25) is 0 Å². The first-order chi connectivity index (χ1) is 11.9. The standard InChI is InChI=1S/C17H15NO6S/c1-23-16(21)10-3-5-11(17(22)24-2)14(8-10)25-13-6-4-9(15(19)20)7-12(13)18/h3-8H,18H2,1-2H3,(H,19,20). The zero-order valence-corrected chi connectivity index (χ0v) is 14.3. The molecule has 130 valence electrons. The maximum absolute atomic E-state index is 11.9. The van der Waals surface area contributed by atoms with E-state index in [9.17, 15) is 14.4 Å². The second kappa shape index (κ2) is 7.71. The van der Waals surface area contributed by atoms with Crippen LogP contribution in [0.2, 0.25) is 0 Å². The highest BCUT2D eigenvalue weighted by Crippen LogP contribution is 2.35. The summed E-state index contributed by atoms with van der Waals surface area (Å²) >= 11 is 1.12. The van der Waals surface area contributed by atoms with E-state index in [0.29, 0.717) is 9.79 Å². The quantitative estimate of drug-likeness (QED) is 0.617. The molecular weight excluding hydrogens is 346 g/mol. The molecule has 0 atom stereocenters. The molecule has 0 saturated heterocycles. The zero-order valence-electron chi connectivity index (χ0n) is 13.4. The molecule has 2 aromatic rings. The molecule has 25 heavy (non-hydrogen) atoms. The number of carboxylic acids is 1. The number of aromatic carboxylic acids is 1. The monoisotopic (exact) mass is 361 g/mol. The van der Waals surface area contributed by atoms with Crippen LogP contribution < -0.4 is 5.73 Å². The molecule has 0 aromatic heterocycles. The summed E-state index contributed by atoms with van der Waals surface area (Å²) in [6, 6.07) is 8.68. The fraction of sp³-hybridized carbons (Fsp3) is 0.118. The molecule has 0 aliphatic heterocycles. The Balaban J connectivity index is 2.47. The van der Waals surface area contributed by atoms with Gasteiger partial charge < -0.3 is 20.3 Å². The average molecular weight is 361 g/mol. The van der Waals surface area contributed by atoms with Crippen molar-refractivity contribution in [3.05, 3.63) is 53.1 Å². The summed E-state index contributed by atoms with van der Waals surface area (Å²) in [6.45, 7) is 0. The van der Waals surface area contributed by atoms with Gasteiger partial charge in [-0.15, -0.1) is 0 Å². The van der Waals surface area contributed by atoms with E-state index in [0.717, 1.165) is 11.8 Å². The van der Waals surface area contributed by atoms with Gasteiger partial charge in [0.25, 0.3) is 0 Å². The lowest BCUT2D eigenvalue weighted by atomic mass is 10.1. The lowest BCUT2D eigenvalue weighted by Gasteiger charge is -2.11. The number of nitrogen functional groups attached to an aromatic ring is 1. The Morgan fingerprint density at radius 1 is 0.920 bits per heavy atom. The van der Waals surface area contributed by atoms with Gasteiger partial charge in [-0.1, -0.05) is 11.8 Å². The maximum atomic E-state index is 11.9. The SMILES string of the molecule is COC(=O)c1ccc(C(=O)OC)c(Sc2ccc(C(=O)O)cc2N)c1. The minimum Gasteiger partial charge on any atom is -0.478 e. The van der Waals surface area contributed by atoms with Crippen LogP contribution in [0.5, 0.6) is 0 Å². The van der Waals surface area contributed by atoms with Gasteiger partial charge in [0.15, 0.2) is 0 Å². The number of rotatable bonds is 5. The molecule has 2 rings (SSSR count). The smallest absolute Gasteiger partial charge is 0.339 e. The number of hydrogen-bond acceptors (Lipinski definition) is 7. The molecule has 0 heterocycles. The van der Waals surface area contributed by atoms with Crippen LogP contribution >= 0.6 is 11.8 Å². The normalized spacial score (nSPS) is 10.2. The number of carbonyl (C=O) groups is 3. The van der Waals surface area contributed by atoms with Gasteiger partial charge >= 0.3 is 17.9 Å². The summed E-state index contributed by atoms with van der Waals surface area (Å²) in [5, 5.41) is 8.99. The number of hydrogen-bond donors (Lipinski definition) is 2. The summed E-state index contributed by atoms with van der Waals surface area (Å²) in [5.74, 6) is -2.21. The second-order valence-electron chi connectivity index (χ2n) is 4.85. The number of carboxylic acid groups (broad SMARTS) is 1. The minimum atomic E-state index is -1.09. The van der Waals surface area contributed by atoms with E-state index in [1.807, 2.05) is 0 Å². The Labute approximate surface area is 147 Å². The molecule has 0 bridgehead atoms. The van der Waals surface area contributed by atoms with E-state index in [1.165, 1.54) is 50.6 Å². The van der Waals surface area contributed by atoms with Crippen molar-refractivity contribution in [2.45, 2.75) is 9.79 Å². The first-order valence-electron chi connectivity index (χ1n) is 6.98. The van der Waals surface area contributed by atoms with Gasteiger partial charge in [-0.05, 0) is 36.4 Å². The van der Waals surface area contributed by atoms with Crippen molar-refractivity contribution in [2.24, 2.45) is 0 Å². The average Bonchev–Trinajstić information content (AvgIpc) is 2.61. The molecule has 0 aliphatic rings. The maximum Gasteiger partial charge on any atom is 0.339 e. The summed E-state index contributed by atoms with van der Waals surface area (Å²) < 4.78 is 9.42. The predicted molar refractivity (Wildman–Crippen MR) is 91.1 cm³/mol. The van der Waals surface area contributed by atoms with Gasteiger partial charge in [-0.3, -0.25) is 0 Å². The molecule has 7 nitrogen and oxygen atoms in total. The van der Waals surface area contributed by atoms with Crippen molar-refractivity contribution in [3.63, 3.8) is 0 Å². The first-order valence-corrected chi connectivity index (χ1v) is 7.80. The largest absolute Gasteiger partial charge is 0.478 e. The molecule has 3 N–H and O–H groups in total. The molecule has 2 aromatic carbocycles. The second-order valence-corrected chi connectivity index (χ2v) is 5.94. The number of nitrogens with two attached hydrogens (primary N) is 1. The molecular formula is C17H15NO6S. The summed E-state index contributed by atoms with van der Waals surface area (Å²) in [7, 11) is 2.51. The molecule has 0 fully saturated rings. The van der Waals surface area contributed by atoms with E-state index in [2.05, 4.69) is 4.74 Å². The summed E-state index contributed by atoms with van der Waals surface area (Å²) in [6.07, 6.45) is 0. The number of esters is 2. The first kappa shape index (κ1) is 18.3. The van der Waals surface area contributed by atoms with E-state index >= 15 is 0 Å². The van der Waals surface area contributed by atoms with Gasteiger partial charge in [0, 0.05) is 15.5 Å². The van der Waals surface area contributed by atoms with Gasteiger partial charge in [0.05, 0.1) is 30.9 Å². The molecule has 0 radical (unpaired) electrons. The van der Waals surface area contributed by atoms with E-state index in [4.69, 9.17) is 15.6 Å². The van der Waals surface area contributed by atoms with Crippen LogP contribution in [0.1, 0.15) is 31.1 Å². The topological polar surface area (TPSA) is 116 Å². The third-order valence-corrected chi connectivity index (χ3v) is 4.43. The summed E-state index contributed by atoms with van der Waals surface area (Å²) in [5.41, 5.74) is 6.71. The van der Waals surface area contributed by atoms with Crippen LogP contribution in [0.4, 0.5) is 5.69 Å². The van der Waals surface area contributed by atoms with Gasteiger partial charge in [-0.25, -0.2) is 14.4 Å². The molecule has 0 saturated carbocycles. The molecule has 0 unspecified atom stereocenters. The Morgan fingerprint density at radius 3 is 2.12 bits per heavy atom. The Hall–Kier alpha value is -3.00. The van der Waals surface area contributed by atoms with Gasteiger partial charge in [-0.2, -0.15) is 0 Å². The van der Waals surface area contributed by atoms with Crippen LogP contribution in [0.25, 0.3) is 0 Å². The fourth-order valence-electron chi connectivity index (χ4n) is 2.02. The molecule has 0 spiro atoms. The third-order valence-electron chi connectivity index (χ3n) is 3.28. The Kier molecular flexibility index (Phi) is 5.66. The summed E-state index contributed by atoms with van der Waals surface area (Å²) in [4.78, 5) is 35.6. The lowest BCUT2D eigenvalue weighted by Crippen LogP contribution is -2.07. The Bertz CT molecular complexity index is 849. The van der Waals surface area contributed by atoms with E-state index < -0.39 is 17.9 Å². The van der Waals surface area contributed by atoms with Crippen molar-refractivity contribution < 1.29 is 29.0 Å². The van der Waals surface area contributed by atoms with Crippen LogP contribution in [-0.2, 0) is 9.47 Å². The van der Waals surface area contributed by atoms with E-state index in [1.54, 1.807) is 0 Å². The molecule has 0 amide bonds. The lowest BCUT2D eigenvalue weighted by molar-refractivity contribution is 0.0583. The molecule has 8 heteroatoms. The van der Waals surface area contributed by atoms with Gasteiger partial charge in [0.1, 0.15) is 0 Å². The number of benzene rings is 2. The highest BCUT2D eigenvalue weighted by atomic mass is 32.2. The van der Waals surface area contributed by atoms with E-state index in [-0.39, 0.29) is 22.4 Å². The fourth-order valence-corrected chi connectivity index (χ4v) is 3.02. The van der Waals surface area contributed by atoms with Crippen LogP contribution in [-0.4, -0.2) is 37.2 Å². The molecule has 0 aliphatic carbocycles. The van der Waals surface area contributed by atoms with Crippen LogP contribution in [0.15, 0.2) is 46.2 Å². The van der Waals surface area contributed by atoms with Crippen LogP contribution in [0.3, 0.4) is 0 Å². The minimum absolute atomic E-state index is 0.0540. The number of methoxy groups -OCH3 is 2. The number of carbonyl (C=O) groups excluding carboxylic acids is 2. The number of anilines is 1.